The third-order valence-corrected chi connectivity index (χ3v) is 2.24. The van der Waals surface area contributed by atoms with E-state index in [1.54, 1.807) is 0 Å². The van der Waals surface area contributed by atoms with Gasteiger partial charge in [0.25, 0.3) is 0 Å². The van der Waals surface area contributed by atoms with Crippen LogP contribution in [-0.2, 0) is 11.0 Å². The fraction of sp³-hybridized carbons (Fsp3) is 0.273. The minimum absolute atomic E-state index is 0.0812. The maximum atomic E-state index is 12.4. The van der Waals surface area contributed by atoms with Crippen LogP contribution in [0.3, 0.4) is 0 Å². The van der Waals surface area contributed by atoms with Gasteiger partial charge in [0.15, 0.2) is 0 Å². The molecule has 0 aromatic heterocycles. The molecule has 3 amide bonds. The maximum absolute atomic E-state index is 12.4. The van der Waals surface area contributed by atoms with Gasteiger partial charge in [-0.1, -0.05) is 6.07 Å². The van der Waals surface area contributed by atoms with Crippen molar-refractivity contribution in [3.8, 4) is 0 Å². The Balaban J connectivity index is 2.73. The Morgan fingerprint density at radius 2 is 1.95 bits per heavy atom. The van der Waals surface area contributed by atoms with Crippen LogP contribution in [0.15, 0.2) is 24.3 Å². The number of benzene rings is 1. The zero-order chi connectivity index (χ0) is 14.6. The minimum atomic E-state index is -4.51. The average Bonchev–Trinajstić information content (AvgIpc) is 2.27. The van der Waals surface area contributed by atoms with Crippen LogP contribution in [0.2, 0.25) is 0 Å². The lowest BCUT2D eigenvalue weighted by Gasteiger charge is -2.10. The molecule has 1 aromatic rings. The van der Waals surface area contributed by atoms with Crippen LogP contribution in [0.5, 0.6) is 0 Å². The highest BCUT2D eigenvalue weighted by Gasteiger charge is 2.30. The van der Waals surface area contributed by atoms with E-state index in [2.05, 4.69) is 5.32 Å². The minimum Gasteiger partial charge on any atom is -0.308 e. The lowest BCUT2D eigenvalue weighted by Crippen LogP contribution is -2.38. The quantitative estimate of drug-likeness (QED) is 0.824. The molecule has 0 spiro atoms. The molecule has 0 fully saturated rings. The molecule has 0 radical (unpaired) electrons. The Bertz CT molecular complexity index is 489. The van der Waals surface area contributed by atoms with Crippen molar-refractivity contribution in [3.63, 3.8) is 0 Å². The van der Waals surface area contributed by atoms with Crippen LogP contribution < -0.4 is 10.6 Å². The van der Waals surface area contributed by atoms with E-state index in [1.807, 2.05) is 5.32 Å². The summed E-state index contributed by atoms with van der Waals surface area (Å²) in [7, 11) is 0. The Morgan fingerprint density at radius 3 is 2.47 bits per heavy atom. The molecule has 0 saturated carbocycles. The summed E-state index contributed by atoms with van der Waals surface area (Å²) in [6.07, 6.45) is -4.51. The number of carbonyl (C=O) groups is 2. The summed E-state index contributed by atoms with van der Waals surface area (Å²) in [4.78, 5) is 22.4. The van der Waals surface area contributed by atoms with Crippen molar-refractivity contribution in [2.24, 2.45) is 0 Å². The van der Waals surface area contributed by atoms with Gasteiger partial charge in [0.1, 0.15) is 5.38 Å². The Kier molecular flexibility index (Phi) is 4.77. The lowest BCUT2D eigenvalue weighted by molar-refractivity contribution is -0.137. The number of rotatable bonds is 2. The van der Waals surface area contributed by atoms with Gasteiger partial charge in [-0.25, -0.2) is 4.79 Å². The second-order valence-electron chi connectivity index (χ2n) is 3.64. The van der Waals surface area contributed by atoms with Crippen LogP contribution in [0.1, 0.15) is 12.5 Å². The zero-order valence-corrected chi connectivity index (χ0v) is 10.5. The van der Waals surface area contributed by atoms with E-state index >= 15 is 0 Å². The smallest absolute Gasteiger partial charge is 0.308 e. The van der Waals surface area contributed by atoms with Crippen LogP contribution in [0.25, 0.3) is 0 Å². The number of amides is 3. The first-order chi connectivity index (χ1) is 8.70. The van der Waals surface area contributed by atoms with Gasteiger partial charge in [-0.05, 0) is 25.1 Å². The van der Waals surface area contributed by atoms with Crippen LogP contribution >= 0.6 is 11.6 Å². The number of urea groups is 1. The molecule has 2 N–H and O–H groups in total. The number of hydrogen-bond acceptors (Lipinski definition) is 2. The van der Waals surface area contributed by atoms with Crippen LogP contribution in [0, 0.1) is 0 Å². The summed E-state index contributed by atoms with van der Waals surface area (Å²) in [6.45, 7) is 1.36. The third-order valence-electron chi connectivity index (χ3n) is 2.05. The molecule has 4 nitrogen and oxygen atoms in total. The van der Waals surface area contributed by atoms with Gasteiger partial charge in [-0.2, -0.15) is 13.2 Å². The Labute approximate surface area is 111 Å². The molecule has 1 rings (SSSR count). The van der Waals surface area contributed by atoms with Gasteiger partial charge in [-0.15, -0.1) is 11.6 Å². The molecule has 0 bridgehead atoms. The molecule has 0 aliphatic carbocycles. The number of nitrogens with one attached hydrogen (secondary N) is 2. The Morgan fingerprint density at radius 1 is 1.32 bits per heavy atom. The number of hydrogen-bond donors (Lipinski definition) is 2. The second kappa shape index (κ2) is 5.92. The molecular weight excluding hydrogens is 285 g/mol. The number of halogens is 4. The number of carbonyl (C=O) groups excluding carboxylic acids is 2. The van der Waals surface area contributed by atoms with E-state index in [0.29, 0.717) is 0 Å². The standard InChI is InChI=1S/C11H10ClF3N2O2/c1-6(12)9(18)17-10(19)16-8-4-2-3-7(5-8)11(13,14)15/h2-6H,1H3,(H2,16,17,18,19). The topological polar surface area (TPSA) is 58.2 Å². The van der Waals surface area contributed by atoms with Gasteiger partial charge < -0.3 is 5.32 Å². The van der Waals surface area contributed by atoms with Crippen molar-refractivity contribution >= 4 is 29.2 Å². The van der Waals surface area contributed by atoms with Gasteiger partial charge in [0.2, 0.25) is 5.91 Å². The average molecular weight is 295 g/mol. The molecule has 1 unspecified atom stereocenters. The summed E-state index contributed by atoms with van der Waals surface area (Å²) in [5, 5.41) is 3.07. The third kappa shape index (κ3) is 4.78. The number of imide groups is 1. The monoisotopic (exact) mass is 294 g/mol. The summed E-state index contributed by atoms with van der Waals surface area (Å²) in [5.74, 6) is -0.744. The molecule has 104 valence electrons. The molecule has 1 aromatic carbocycles. The molecule has 0 saturated heterocycles. The second-order valence-corrected chi connectivity index (χ2v) is 4.29. The number of anilines is 1. The fourth-order valence-electron chi connectivity index (χ4n) is 1.15. The molecule has 0 aliphatic rings. The van der Waals surface area contributed by atoms with Gasteiger partial charge >= 0.3 is 12.2 Å². The van der Waals surface area contributed by atoms with E-state index < -0.39 is 29.1 Å². The molecule has 1 atom stereocenters. The summed E-state index contributed by atoms with van der Waals surface area (Å²) < 4.78 is 37.3. The summed E-state index contributed by atoms with van der Waals surface area (Å²) in [6, 6.07) is 3.09. The largest absolute Gasteiger partial charge is 0.416 e. The van der Waals surface area contributed by atoms with E-state index in [-0.39, 0.29) is 5.69 Å². The van der Waals surface area contributed by atoms with Crippen LogP contribution in [0.4, 0.5) is 23.7 Å². The van der Waals surface area contributed by atoms with Crippen molar-refractivity contribution in [2.75, 3.05) is 5.32 Å². The van der Waals surface area contributed by atoms with E-state index in [9.17, 15) is 22.8 Å². The highest BCUT2D eigenvalue weighted by molar-refractivity contribution is 6.31. The normalized spacial score (nSPS) is 12.7. The van der Waals surface area contributed by atoms with Gasteiger partial charge in [0, 0.05) is 5.69 Å². The van der Waals surface area contributed by atoms with E-state index in [4.69, 9.17) is 11.6 Å². The van der Waals surface area contributed by atoms with E-state index in [0.717, 1.165) is 18.2 Å². The van der Waals surface area contributed by atoms with Gasteiger partial charge in [-0.3, -0.25) is 10.1 Å². The molecule has 19 heavy (non-hydrogen) atoms. The van der Waals surface area contributed by atoms with Gasteiger partial charge in [0.05, 0.1) is 5.56 Å². The highest BCUT2D eigenvalue weighted by atomic mass is 35.5. The molecule has 8 heteroatoms. The maximum Gasteiger partial charge on any atom is 0.416 e. The lowest BCUT2D eigenvalue weighted by atomic mass is 10.2. The fourth-order valence-corrected chi connectivity index (χ4v) is 1.20. The van der Waals surface area contributed by atoms with Crippen molar-refractivity contribution < 1.29 is 22.8 Å². The zero-order valence-electron chi connectivity index (χ0n) is 9.72. The number of alkyl halides is 4. The van der Waals surface area contributed by atoms with Crippen LogP contribution in [-0.4, -0.2) is 17.3 Å². The predicted molar refractivity (Wildman–Crippen MR) is 63.9 cm³/mol. The van der Waals surface area contributed by atoms with Crippen molar-refractivity contribution in [3.05, 3.63) is 29.8 Å². The van der Waals surface area contributed by atoms with Crippen molar-refractivity contribution in [1.29, 1.82) is 0 Å². The first-order valence-electron chi connectivity index (χ1n) is 5.13. The predicted octanol–water partition coefficient (Wildman–Crippen LogP) is 2.98. The van der Waals surface area contributed by atoms with Crippen molar-refractivity contribution in [1.82, 2.24) is 5.32 Å². The molecule has 0 aliphatic heterocycles. The molecular formula is C11H10ClF3N2O2. The summed E-state index contributed by atoms with van der Waals surface area (Å²) in [5.41, 5.74) is -0.982. The SMILES string of the molecule is CC(Cl)C(=O)NC(=O)Nc1cccc(C(F)(F)F)c1. The first-order valence-corrected chi connectivity index (χ1v) is 5.57. The van der Waals surface area contributed by atoms with Crippen molar-refractivity contribution in [2.45, 2.75) is 18.5 Å². The van der Waals surface area contributed by atoms with E-state index in [1.165, 1.54) is 13.0 Å². The summed E-state index contributed by atoms with van der Waals surface area (Å²) >= 11 is 5.42. The molecule has 0 heterocycles. The Hall–Kier alpha value is -1.76. The first kappa shape index (κ1) is 15.3. The highest BCUT2D eigenvalue weighted by Crippen LogP contribution is 2.30.